The highest BCUT2D eigenvalue weighted by atomic mass is 16.6. The second-order valence-electron chi connectivity index (χ2n) is 6.31. The highest BCUT2D eigenvalue weighted by Crippen LogP contribution is 2.07. The summed E-state index contributed by atoms with van der Waals surface area (Å²) in [5.41, 5.74) is -0.528. The minimum Gasteiger partial charge on any atom is -0.444 e. The summed E-state index contributed by atoms with van der Waals surface area (Å²) in [6.07, 6.45) is -0.470. The number of ether oxygens (including phenoxy) is 2. The van der Waals surface area contributed by atoms with Gasteiger partial charge in [-0.1, -0.05) is 0 Å². The number of morpholine rings is 1. The first-order chi connectivity index (χ1) is 9.69. The van der Waals surface area contributed by atoms with Crippen LogP contribution in [-0.2, 0) is 9.47 Å². The van der Waals surface area contributed by atoms with Crippen molar-refractivity contribution < 1.29 is 19.1 Å². The maximum absolute atomic E-state index is 12.2. The Kier molecular flexibility index (Phi) is 6.26. The van der Waals surface area contributed by atoms with E-state index in [1.165, 1.54) is 0 Å². The van der Waals surface area contributed by atoms with Crippen molar-refractivity contribution in [2.45, 2.75) is 39.3 Å². The summed E-state index contributed by atoms with van der Waals surface area (Å²) in [5.74, 6) is 0. The molecule has 1 N–H and O–H groups in total. The maximum Gasteiger partial charge on any atom is 0.407 e. The zero-order chi connectivity index (χ0) is 16.0. The van der Waals surface area contributed by atoms with Crippen LogP contribution >= 0.6 is 0 Å². The first-order valence-electron chi connectivity index (χ1n) is 7.26. The van der Waals surface area contributed by atoms with E-state index in [4.69, 9.17) is 9.47 Å². The van der Waals surface area contributed by atoms with Crippen LogP contribution in [0.1, 0.15) is 27.7 Å². The maximum atomic E-state index is 12.2. The number of urea groups is 1. The van der Waals surface area contributed by atoms with Gasteiger partial charge >= 0.3 is 12.1 Å². The van der Waals surface area contributed by atoms with Gasteiger partial charge in [-0.05, 0) is 27.7 Å². The van der Waals surface area contributed by atoms with Crippen LogP contribution in [0.15, 0.2) is 0 Å². The van der Waals surface area contributed by atoms with Gasteiger partial charge in [0.25, 0.3) is 0 Å². The molecule has 0 spiro atoms. The predicted molar refractivity (Wildman–Crippen MR) is 79.2 cm³/mol. The Labute approximate surface area is 126 Å². The third-order valence-electron chi connectivity index (χ3n) is 2.92. The Morgan fingerprint density at radius 3 is 2.43 bits per heavy atom. The lowest BCUT2D eigenvalue weighted by molar-refractivity contribution is 0.0426. The number of amides is 3. The minimum atomic E-state index is -0.528. The zero-order valence-corrected chi connectivity index (χ0v) is 13.6. The van der Waals surface area contributed by atoms with Gasteiger partial charge in [-0.25, -0.2) is 9.59 Å². The normalized spacial score (nSPS) is 17.1. The first kappa shape index (κ1) is 17.6. The molecule has 1 atom stereocenters. The monoisotopic (exact) mass is 301 g/mol. The molecule has 7 heteroatoms. The average molecular weight is 301 g/mol. The van der Waals surface area contributed by atoms with Crippen molar-refractivity contribution in [3.05, 3.63) is 0 Å². The van der Waals surface area contributed by atoms with E-state index >= 15 is 0 Å². The molecule has 0 aromatic rings. The number of nitrogens with zero attached hydrogens (tertiary/aromatic N) is 2. The van der Waals surface area contributed by atoms with E-state index in [1.54, 1.807) is 16.8 Å². The predicted octanol–water partition coefficient (Wildman–Crippen LogP) is 1.28. The fourth-order valence-electron chi connectivity index (χ4n) is 2.04. The second-order valence-corrected chi connectivity index (χ2v) is 6.31. The molecule has 1 aliphatic rings. The molecule has 21 heavy (non-hydrogen) atoms. The number of hydrogen-bond donors (Lipinski definition) is 1. The smallest absolute Gasteiger partial charge is 0.407 e. The van der Waals surface area contributed by atoms with Crippen LogP contribution in [0.25, 0.3) is 0 Å². The topological polar surface area (TPSA) is 71.1 Å². The van der Waals surface area contributed by atoms with Crippen LogP contribution in [0.4, 0.5) is 9.59 Å². The van der Waals surface area contributed by atoms with Gasteiger partial charge in [0.1, 0.15) is 5.60 Å². The van der Waals surface area contributed by atoms with Crippen LogP contribution in [-0.4, -0.2) is 73.5 Å². The molecule has 0 saturated carbocycles. The highest BCUT2D eigenvalue weighted by Gasteiger charge is 2.23. The number of hydrogen-bond acceptors (Lipinski definition) is 4. The van der Waals surface area contributed by atoms with E-state index in [9.17, 15) is 9.59 Å². The van der Waals surface area contributed by atoms with E-state index in [0.29, 0.717) is 32.8 Å². The van der Waals surface area contributed by atoms with Crippen LogP contribution in [0.2, 0.25) is 0 Å². The van der Waals surface area contributed by atoms with E-state index in [0.717, 1.165) is 0 Å². The summed E-state index contributed by atoms with van der Waals surface area (Å²) in [6, 6.07) is -0.231. The molecular formula is C14H27N3O4. The lowest BCUT2D eigenvalue weighted by Gasteiger charge is -2.32. The third-order valence-corrected chi connectivity index (χ3v) is 2.92. The van der Waals surface area contributed by atoms with Crippen molar-refractivity contribution in [3.8, 4) is 0 Å². The molecule has 3 amide bonds. The largest absolute Gasteiger partial charge is 0.444 e. The molecule has 7 nitrogen and oxygen atoms in total. The molecule has 0 aromatic heterocycles. The molecule has 0 radical (unpaired) electrons. The highest BCUT2D eigenvalue weighted by molar-refractivity contribution is 5.74. The molecule has 0 unspecified atom stereocenters. The van der Waals surface area contributed by atoms with Crippen LogP contribution in [0.5, 0.6) is 0 Å². The number of carbonyl (C=O) groups is 2. The number of nitrogens with one attached hydrogen (secondary N) is 1. The van der Waals surface area contributed by atoms with E-state index in [2.05, 4.69) is 5.32 Å². The Bertz CT molecular complexity index is 362. The van der Waals surface area contributed by atoms with Crippen molar-refractivity contribution in [2.24, 2.45) is 0 Å². The standard InChI is InChI=1S/C14H27N3O4/c1-11(15-12(18)21-14(2,3)4)10-16(5)13(19)17-6-8-20-9-7-17/h11H,6-10H2,1-5H3,(H,15,18)/t11-/m1/s1. The Morgan fingerprint density at radius 2 is 1.90 bits per heavy atom. The quantitative estimate of drug-likeness (QED) is 0.852. The van der Waals surface area contributed by atoms with Crippen LogP contribution < -0.4 is 5.32 Å². The van der Waals surface area contributed by atoms with Gasteiger partial charge in [0, 0.05) is 32.7 Å². The summed E-state index contributed by atoms with van der Waals surface area (Å²) in [4.78, 5) is 27.2. The van der Waals surface area contributed by atoms with E-state index in [1.807, 2.05) is 27.7 Å². The van der Waals surface area contributed by atoms with Crippen molar-refractivity contribution in [3.63, 3.8) is 0 Å². The average Bonchev–Trinajstić information content (AvgIpc) is 2.36. The lowest BCUT2D eigenvalue weighted by Crippen LogP contribution is -2.50. The van der Waals surface area contributed by atoms with Crippen molar-refractivity contribution >= 4 is 12.1 Å². The summed E-state index contributed by atoms with van der Waals surface area (Å²) in [7, 11) is 1.73. The summed E-state index contributed by atoms with van der Waals surface area (Å²) >= 11 is 0. The fourth-order valence-corrected chi connectivity index (χ4v) is 2.04. The van der Waals surface area contributed by atoms with Crippen molar-refractivity contribution in [2.75, 3.05) is 39.9 Å². The van der Waals surface area contributed by atoms with Gasteiger partial charge < -0.3 is 24.6 Å². The van der Waals surface area contributed by atoms with Gasteiger partial charge in [-0.2, -0.15) is 0 Å². The zero-order valence-electron chi connectivity index (χ0n) is 13.6. The summed E-state index contributed by atoms with van der Waals surface area (Å²) < 4.78 is 10.4. The number of likely N-dealkylation sites (N-methyl/N-ethyl adjacent to an activating group) is 1. The van der Waals surface area contributed by atoms with Crippen LogP contribution in [0.3, 0.4) is 0 Å². The summed E-state index contributed by atoms with van der Waals surface area (Å²) in [5, 5.41) is 2.73. The number of carbonyl (C=O) groups excluding carboxylic acids is 2. The molecule has 1 heterocycles. The fraction of sp³-hybridized carbons (Fsp3) is 0.857. The molecule has 1 rings (SSSR count). The summed E-state index contributed by atoms with van der Waals surface area (Å²) in [6.45, 7) is 10.1. The van der Waals surface area contributed by atoms with Crippen LogP contribution in [0, 0.1) is 0 Å². The van der Waals surface area contributed by atoms with Gasteiger partial charge in [-0.15, -0.1) is 0 Å². The molecule has 122 valence electrons. The molecule has 0 aromatic carbocycles. The van der Waals surface area contributed by atoms with E-state index in [-0.39, 0.29) is 12.1 Å². The Balaban J connectivity index is 2.37. The molecule has 1 saturated heterocycles. The first-order valence-corrected chi connectivity index (χ1v) is 7.26. The molecule has 1 fully saturated rings. The Morgan fingerprint density at radius 1 is 1.33 bits per heavy atom. The molecule has 0 aliphatic carbocycles. The van der Waals surface area contributed by atoms with Gasteiger partial charge in [0.05, 0.1) is 13.2 Å². The van der Waals surface area contributed by atoms with Crippen molar-refractivity contribution in [1.29, 1.82) is 0 Å². The molecular weight excluding hydrogens is 274 g/mol. The second kappa shape index (κ2) is 7.49. The van der Waals surface area contributed by atoms with Crippen molar-refractivity contribution in [1.82, 2.24) is 15.1 Å². The van der Waals surface area contributed by atoms with Gasteiger partial charge in [-0.3, -0.25) is 0 Å². The Hall–Kier alpha value is -1.50. The molecule has 0 bridgehead atoms. The van der Waals surface area contributed by atoms with Gasteiger partial charge in [0.2, 0.25) is 0 Å². The molecule has 1 aliphatic heterocycles. The van der Waals surface area contributed by atoms with Gasteiger partial charge in [0.15, 0.2) is 0 Å². The minimum absolute atomic E-state index is 0.0452. The third kappa shape index (κ3) is 6.66. The SMILES string of the molecule is C[C@H](CN(C)C(=O)N1CCOCC1)NC(=O)OC(C)(C)C. The number of alkyl carbamates (subject to hydrolysis) is 1. The number of rotatable bonds is 3. The van der Waals surface area contributed by atoms with E-state index < -0.39 is 11.7 Å². The lowest BCUT2D eigenvalue weighted by atomic mass is 10.2.